The maximum Gasteiger partial charge on any atom is 0.225 e. The minimum atomic E-state index is 0.120. The van der Waals surface area contributed by atoms with Crippen molar-refractivity contribution in [3.05, 3.63) is 42.0 Å². The van der Waals surface area contributed by atoms with E-state index in [0.717, 1.165) is 0 Å². The molecule has 1 aliphatic rings. The summed E-state index contributed by atoms with van der Waals surface area (Å²) in [5, 5.41) is 2.84. The van der Waals surface area contributed by atoms with Crippen molar-refractivity contribution in [1.29, 1.82) is 0 Å². The highest BCUT2D eigenvalue weighted by Crippen LogP contribution is 2.16. The third-order valence-electron chi connectivity index (χ3n) is 2.56. The molecule has 1 heterocycles. The summed E-state index contributed by atoms with van der Waals surface area (Å²) < 4.78 is 0. The van der Waals surface area contributed by atoms with Crippen LogP contribution in [0.1, 0.15) is 12.5 Å². The van der Waals surface area contributed by atoms with E-state index in [-0.39, 0.29) is 17.9 Å². The van der Waals surface area contributed by atoms with Crippen LogP contribution in [-0.4, -0.2) is 11.9 Å². The minimum Gasteiger partial charge on any atom is -0.349 e. The van der Waals surface area contributed by atoms with Crippen LogP contribution in [-0.2, 0) is 4.79 Å². The number of amides is 1. The van der Waals surface area contributed by atoms with E-state index in [1.165, 1.54) is 5.56 Å². The molecule has 0 aromatic heterocycles. The topological polar surface area (TPSA) is 29.1 Å². The predicted molar refractivity (Wildman–Crippen MR) is 56.6 cm³/mol. The lowest BCUT2D eigenvalue weighted by Crippen LogP contribution is -2.55. The van der Waals surface area contributed by atoms with Crippen molar-refractivity contribution in [2.75, 3.05) is 0 Å². The monoisotopic (exact) mass is 187 g/mol. The van der Waals surface area contributed by atoms with Gasteiger partial charge in [-0.1, -0.05) is 49.4 Å². The lowest BCUT2D eigenvalue weighted by atomic mass is 9.92. The van der Waals surface area contributed by atoms with Crippen molar-refractivity contribution in [3.63, 3.8) is 0 Å². The summed E-state index contributed by atoms with van der Waals surface area (Å²) in [6.07, 6.45) is 4.09. The number of rotatable bonds is 2. The third-order valence-corrected chi connectivity index (χ3v) is 2.56. The first-order valence-corrected chi connectivity index (χ1v) is 4.81. The largest absolute Gasteiger partial charge is 0.349 e. The van der Waals surface area contributed by atoms with Gasteiger partial charge >= 0.3 is 0 Å². The Bertz CT molecular complexity index is 356. The highest BCUT2D eigenvalue weighted by atomic mass is 16.2. The molecule has 0 radical (unpaired) electrons. The molecule has 0 saturated carbocycles. The average molecular weight is 187 g/mol. The highest BCUT2D eigenvalue weighted by Gasteiger charge is 2.32. The van der Waals surface area contributed by atoms with Gasteiger partial charge in [0.2, 0.25) is 5.91 Å². The summed E-state index contributed by atoms with van der Waals surface area (Å²) in [5.74, 6) is 0.266. The Morgan fingerprint density at radius 1 is 1.29 bits per heavy atom. The van der Waals surface area contributed by atoms with Crippen LogP contribution in [0.4, 0.5) is 0 Å². The van der Waals surface area contributed by atoms with Crippen LogP contribution in [0.3, 0.4) is 0 Å². The van der Waals surface area contributed by atoms with E-state index in [1.807, 2.05) is 49.4 Å². The van der Waals surface area contributed by atoms with E-state index in [9.17, 15) is 4.79 Å². The van der Waals surface area contributed by atoms with Crippen molar-refractivity contribution in [3.8, 4) is 0 Å². The van der Waals surface area contributed by atoms with E-state index < -0.39 is 0 Å². The summed E-state index contributed by atoms with van der Waals surface area (Å²) in [7, 11) is 0. The molecule has 0 bridgehead atoms. The van der Waals surface area contributed by atoms with Crippen molar-refractivity contribution in [2.24, 2.45) is 5.92 Å². The second-order valence-electron chi connectivity index (χ2n) is 3.59. The summed E-state index contributed by atoms with van der Waals surface area (Å²) in [4.78, 5) is 10.9. The lowest BCUT2D eigenvalue weighted by Gasteiger charge is -2.31. The molecule has 1 aromatic carbocycles. The maximum absolute atomic E-state index is 10.9. The molecule has 2 heteroatoms. The van der Waals surface area contributed by atoms with E-state index in [4.69, 9.17) is 0 Å². The SMILES string of the molecule is CC1C(=O)NC1C=Cc1ccccc1. The van der Waals surface area contributed by atoms with Crippen LogP contribution in [0.5, 0.6) is 0 Å². The standard InChI is InChI=1S/C12H13NO/c1-9-11(13-12(9)14)8-7-10-5-3-2-4-6-10/h2-9,11H,1H3,(H,13,14). The third kappa shape index (κ3) is 1.69. The Morgan fingerprint density at radius 3 is 2.57 bits per heavy atom. The van der Waals surface area contributed by atoms with Crippen molar-refractivity contribution >= 4 is 12.0 Å². The Hall–Kier alpha value is -1.57. The number of carbonyl (C=O) groups is 1. The van der Waals surface area contributed by atoms with E-state index in [0.29, 0.717) is 0 Å². The van der Waals surface area contributed by atoms with E-state index >= 15 is 0 Å². The molecule has 14 heavy (non-hydrogen) atoms. The number of nitrogens with one attached hydrogen (secondary N) is 1. The molecule has 0 spiro atoms. The van der Waals surface area contributed by atoms with Gasteiger partial charge in [0, 0.05) is 0 Å². The van der Waals surface area contributed by atoms with Gasteiger partial charge in [-0.2, -0.15) is 0 Å². The van der Waals surface area contributed by atoms with Crippen molar-refractivity contribution < 1.29 is 4.79 Å². The average Bonchev–Trinajstić information content (AvgIpc) is 2.25. The fourth-order valence-corrected chi connectivity index (χ4v) is 1.48. The Kier molecular flexibility index (Phi) is 2.35. The van der Waals surface area contributed by atoms with Crippen molar-refractivity contribution in [1.82, 2.24) is 5.32 Å². The molecule has 2 atom stereocenters. The van der Waals surface area contributed by atoms with Crippen LogP contribution in [0, 0.1) is 5.92 Å². The van der Waals surface area contributed by atoms with Gasteiger partial charge in [0.25, 0.3) is 0 Å². The zero-order valence-electron chi connectivity index (χ0n) is 8.10. The number of hydrogen-bond acceptors (Lipinski definition) is 1. The van der Waals surface area contributed by atoms with Gasteiger partial charge in [0.1, 0.15) is 0 Å². The first kappa shape index (κ1) is 9.00. The Labute approximate surface area is 83.6 Å². The molecule has 1 amide bonds. The number of β-lactam (4-membered cyclic amide) rings is 1. The highest BCUT2D eigenvalue weighted by molar-refractivity contribution is 5.86. The second-order valence-corrected chi connectivity index (χ2v) is 3.59. The normalized spacial score (nSPS) is 25.9. The molecule has 72 valence electrons. The van der Waals surface area contributed by atoms with Gasteiger partial charge in [-0.25, -0.2) is 0 Å². The molecular weight excluding hydrogens is 174 g/mol. The molecule has 2 unspecified atom stereocenters. The fraction of sp³-hybridized carbons (Fsp3) is 0.250. The van der Waals surface area contributed by atoms with Gasteiger partial charge in [0.15, 0.2) is 0 Å². The zero-order chi connectivity index (χ0) is 9.97. The van der Waals surface area contributed by atoms with Gasteiger partial charge in [-0.3, -0.25) is 4.79 Å². The number of benzene rings is 1. The zero-order valence-corrected chi connectivity index (χ0v) is 8.10. The molecule has 1 aliphatic heterocycles. The van der Waals surface area contributed by atoms with Crippen LogP contribution >= 0.6 is 0 Å². The summed E-state index contributed by atoms with van der Waals surface area (Å²) >= 11 is 0. The number of hydrogen-bond donors (Lipinski definition) is 1. The van der Waals surface area contributed by atoms with Gasteiger partial charge in [-0.15, -0.1) is 0 Å². The molecular formula is C12H13NO. The van der Waals surface area contributed by atoms with Gasteiger partial charge in [-0.05, 0) is 5.56 Å². The summed E-state index contributed by atoms with van der Waals surface area (Å²) in [5.41, 5.74) is 1.17. The molecule has 1 fully saturated rings. The van der Waals surface area contributed by atoms with Crippen LogP contribution < -0.4 is 5.32 Å². The first-order chi connectivity index (χ1) is 6.77. The smallest absolute Gasteiger partial charge is 0.225 e. The molecule has 2 nitrogen and oxygen atoms in total. The quantitative estimate of drug-likeness (QED) is 0.703. The molecule has 1 saturated heterocycles. The van der Waals surface area contributed by atoms with E-state index in [2.05, 4.69) is 5.32 Å². The maximum atomic E-state index is 10.9. The van der Waals surface area contributed by atoms with Crippen molar-refractivity contribution in [2.45, 2.75) is 13.0 Å². The predicted octanol–water partition coefficient (Wildman–Crippen LogP) is 1.83. The van der Waals surface area contributed by atoms with Crippen LogP contribution in [0.25, 0.3) is 6.08 Å². The second kappa shape index (κ2) is 3.66. The molecule has 1 N–H and O–H groups in total. The van der Waals surface area contributed by atoms with Crippen LogP contribution in [0.15, 0.2) is 36.4 Å². The summed E-state index contributed by atoms with van der Waals surface area (Å²) in [6.45, 7) is 1.94. The molecule has 2 rings (SSSR count). The van der Waals surface area contributed by atoms with E-state index in [1.54, 1.807) is 0 Å². The Balaban J connectivity index is 1.99. The lowest BCUT2D eigenvalue weighted by molar-refractivity contribution is -0.132. The molecule has 0 aliphatic carbocycles. The Morgan fingerprint density at radius 2 is 2.00 bits per heavy atom. The van der Waals surface area contributed by atoms with Gasteiger partial charge < -0.3 is 5.32 Å². The van der Waals surface area contributed by atoms with Gasteiger partial charge in [0.05, 0.1) is 12.0 Å². The number of carbonyl (C=O) groups excluding carboxylic acids is 1. The first-order valence-electron chi connectivity index (χ1n) is 4.81. The molecule has 1 aromatic rings. The minimum absolute atomic E-state index is 0.120. The fourth-order valence-electron chi connectivity index (χ4n) is 1.48. The van der Waals surface area contributed by atoms with Crippen LogP contribution in [0.2, 0.25) is 0 Å². The summed E-state index contributed by atoms with van der Waals surface area (Å²) in [6, 6.07) is 10.3.